The van der Waals surface area contributed by atoms with Crippen molar-refractivity contribution in [3.63, 3.8) is 0 Å². The summed E-state index contributed by atoms with van der Waals surface area (Å²) in [5, 5.41) is 8.38. The molecule has 0 aliphatic heterocycles. The monoisotopic (exact) mass is 300 g/mol. The van der Waals surface area contributed by atoms with E-state index in [0.29, 0.717) is 5.71 Å². The second-order valence-corrected chi connectivity index (χ2v) is 5.87. The predicted molar refractivity (Wildman–Crippen MR) is 71.0 cm³/mol. The lowest BCUT2D eigenvalue weighted by molar-refractivity contribution is -0.123. The van der Waals surface area contributed by atoms with Gasteiger partial charge in [0.2, 0.25) is 5.96 Å². The van der Waals surface area contributed by atoms with E-state index in [0.717, 1.165) is 18.2 Å². The second-order valence-electron chi connectivity index (χ2n) is 5.31. The van der Waals surface area contributed by atoms with E-state index in [-0.39, 0.29) is 28.5 Å². The lowest BCUT2D eigenvalue weighted by Crippen LogP contribution is -2.36. The van der Waals surface area contributed by atoms with Crippen molar-refractivity contribution in [1.29, 1.82) is 0 Å². The van der Waals surface area contributed by atoms with Gasteiger partial charge in [0, 0.05) is 16.7 Å². The molecule has 0 aromatic heterocycles. The van der Waals surface area contributed by atoms with E-state index in [1.54, 1.807) is 0 Å². The molecule has 0 unspecified atom stereocenters. The number of carbonyl (C=O) groups excluding carboxylic acids is 1. The van der Waals surface area contributed by atoms with Gasteiger partial charge in [0.05, 0.1) is 0 Å². The zero-order chi connectivity index (χ0) is 12.8. The van der Waals surface area contributed by atoms with Crippen molar-refractivity contribution in [1.82, 2.24) is 0 Å². The molecule has 0 radical (unpaired) electrons. The van der Waals surface area contributed by atoms with Gasteiger partial charge in [0.1, 0.15) is 5.71 Å². The molecule has 6 heteroatoms. The Labute approximate surface area is 109 Å². The number of carbonyl (C=O) groups is 1. The van der Waals surface area contributed by atoms with Gasteiger partial charge >= 0.3 is 0 Å². The predicted octanol–water partition coefficient (Wildman–Crippen LogP) is 1.02. The Morgan fingerprint density at radius 1 is 1.53 bits per heavy atom. The van der Waals surface area contributed by atoms with Crippen molar-refractivity contribution in [3.8, 4) is 0 Å². The molecule has 2 aliphatic carbocycles. The van der Waals surface area contributed by atoms with Crippen molar-refractivity contribution in [2.24, 2.45) is 38.4 Å². The smallest absolute Gasteiger partial charge is 0.211 e. The van der Waals surface area contributed by atoms with Crippen molar-refractivity contribution >= 4 is 33.4 Å². The van der Waals surface area contributed by atoms with Crippen LogP contribution in [0.1, 0.15) is 26.7 Å². The molecule has 0 amide bonds. The van der Waals surface area contributed by atoms with Crippen molar-refractivity contribution < 1.29 is 4.79 Å². The maximum Gasteiger partial charge on any atom is 0.211 e. The van der Waals surface area contributed by atoms with Gasteiger partial charge in [0.15, 0.2) is 5.78 Å². The summed E-state index contributed by atoms with van der Waals surface area (Å²) in [6.45, 7) is 4.16. The fraction of sp³-hybridized carbons (Fsp3) is 0.727. The average molecular weight is 301 g/mol. The van der Waals surface area contributed by atoms with Crippen LogP contribution in [0, 0.1) is 16.7 Å². The number of guanidine groups is 1. The largest absolute Gasteiger partial charge is 0.369 e. The van der Waals surface area contributed by atoms with Gasteiger partial charge in [-0.15, -0.1) is 10.2 Å². The summed E-state index contributed by atoms with van der Waals surface area (Å²) < 4.78 is 0. The minimum atomic E-state index is -0.334. The number of nitrogens with two attached hydrogens (primary N) is 2. The quantitative estimate of drug-likeness (QED) is 0.345. The first-order chi connectivity index (χ1) is 7.87. The number of hydrogen-bond acceptors (Lipinski definition) is 3. The van der Waals surface area contributed by atoms with Crippen molar-refractivity contribution in [2.75, 3.05) is 5.33 Å². The number of hydrogen-bond donors (Lipinski definition) is 2. The Balaban J connectivity index is 2.46. The van der Waals surface area contributed by atoms with Crippen LogP contribution in [0.5, 0.6) is 0 Å². The molecular formula is C11H17BrN4O. The molecule has 2 fully saturated rings. The highest BCUT2D eigenvalue weighted by Gasteiger charge is 2.66. The Bertz CT molecular complexity index is 429. The highest BCUT2D eigenvalue weighted by atomic mass is 79.9. The van der Waals surface area contributed by atoms with E-state index in [4.69, 9.17) is 11.5 Å². The van der Waals surface area contributed by atoms with Crippen molar-refractivity contribution in [2.45, 2.75) is 26.7 Å². The summed E-state index contributed by atoms with van der Waals surface area (Å²) in [5.74, 6) is 0.141. The molecule has 2 rings (SSSR count). The van der Waals surface area contributed by atoms with E-state index in [1.807, 2.05) is 6.92 Å². The van der Waals surface area contributed by atoms with Crippen LogP contribution in [-0.2, 0) is 4.79 Å². The number of alkyl halides is 1. The van der Waals surface area contributed by atoms with Crippen LogP contribution in [0.3, 0.4) is 0 Å². The topological polar surface area (TPSA) is 93.8 Å². The van der Waals surface area contributed by atoms with Crippen LogP contribution < -0.4 is 11.5 Å². The molecule has 2 aliphatic rings. The van der Waals surface area contributed by atoms with Gasteiger partial charge in [-0.2, -0.15) is 0 Å². The van der Waals surface area contributed by atoms with Crippen LogP contribution in [0.15, 0.2) is 10.2 Å². The molecule has 2 bridgehead atoms. The summed E-state index contributed by atoms with van der Waals surface area (Å²) in [5.41, 5.74) is 10.6. The molecule has 0 spiro atoms. The third-order valence-corrected chi connectivity index (χ3v) is 5.74. The zero-order valence-corrected chi connectivity index (χ0v) is 11.6. The molecule has 0 heterocycles. The maximum atomic E-state index is 12.4. The Morgan fingerprint density at radius 3 is 2.65 bits per heavy atom. The third-order valence-electron chi connectivity index (χ3n) is 4.58. The van der Waals surface area contributed by atoms with E-state index in [2.05, 4.69) is 33.1 Å². The van der Waals surface area contributed by atoms with E-state index in [1.165, 1.54) is 0 Å². The molecule has 0 aromatic rings. The normalized spacial score (nSPS) is 42.2. The lowest BCUT2D eigenvalue weighted by Gasteiger charge is -2.33. The molecule has 5 nitrogen and oxygen atoms in total. The first-order valence-electron chi connectivity index (χ1n) is 5.64. The van der Waals surface area contributed by atoms with Gasteiger partial charge in [-0.25, -0.2) is 0 Å². The molecule has 2 saturated carbocycles. The standard InChI is InChI=1S/C11H17BrN4O/c1-10-4-3-6(11(10,2)5-12)7(8(10)17)15-16-9(13)14/h6H,3-5H2,1-2H3,(H4,13,14,16)/b15-7+/t6-,10-,11-/m1/s1. The van der Waals surface area contributed by atoms with Gasteiger partial charge < -0.3 is 11.5 Å². The number of rotatable bonds is 2. The van der Waals surface area contributed by atoms with Crippen LogP contribution in [0.4, 0.5) is 0 Å². The van der Waals surface area contributed by atoms with Crippen LogP contribution in [-0.4, -0.2) is 22.8 Å². The summed E-state index contributed by atoms with van der Waals surface area (Å²) in [6, 6.07) is 0. The van der Waals surface area contributed by atoms with Crippen molar-refractivity contribution in [3.05, 3.63) is 0 Å². The van der Waals surface area contributed by atoms with Gasteiger partial charge in [-0.05, 0) is 18.3 Å². The highest BCUT2D eigenvalue weighted by molar-refractivity contribution is 9.09. The molecule has 0 aromatic carbocycles. The first-order valence-corrected chi connectivity index (χ1v) is 6.76. The van der Waals surface area contributed by atoms with Gasteiger partial charge in [-0.3, -0.25) is 4.79 Å². The minimum Gasteiger partial charge on any atom is -0.369 e. The molecule has 4 N–H and O–H groups in total. The Morgan fingerprint density at radius 2 is 2.18 bits per heavy atom. The Kier molecular flexibility index (Phi) is 2.80. The zero-order valence-electron chi connectivity index (χ0n) is 10.0. The fourth-order valence-electron chi connectivity index (χ4n) is 3.14. The minimum absolute atomic E-state index is 0.0816. The Hall–Kier alpha value is -0.910. The summed E-state index contributed by atoms with van der Waals surface area (Å²) in [6.07, 6.45) is 1.89. The molecule has 0 saturated heterocycles. The number of nitrogens with zero attached hydrogens (tertiary/aromatic N) is 2. The number of fused-ring (bicyclic) bond motifs is 2. The number of ketones is 1. The maximum absolute atomic E-state index is 12.4. The van der Waals surface area contributed by atoms with E-state index >= 15 is 0 Å². The third kappa shape index (κ3) is 1.46. The van der Waals surface area contributed by atoms with Gasteiger partial charge in [-0.1, -0.05) is 29.8 Å². The fourth-order valence-corrected chi connectivity index (χ4v) is 4.15. The average Bonchev–Trinajstić information content (AvgIpc) is 2.62. The molecule has 17 heavy (non-hydrogen) atoms. The van der Waals surface area contributed by atoms with Crippen LogP contribution in [0.25, 0.3) is 0 Å². The number of halogens is 1. The molecule has 94 valence electrons. The lowest BCUT2D eigenvalue weighted by atomic mass is 9.70. The first kappa shape index (κ1) is 12.5. The highest BCUT2D eigenvalue weighted by Crippen LogP contribution is 2.63. The molecular weight excluding hydrogens is 284 g/mol. The second kappa shape index (κ2) is 3.80. The number of Topliss-reactive ketones (excluding diaryl/α,β-unsaturated/α-hetero) is 1. The summed E-state index contributed by atoms with van der Waals surface area (Å²) in [7, 11) is 0. The molecule has 3 atom stereocenters. The summed E-state index contributed by atoms with van der Waals surface area (Å²) >= 11 is 3.53. The van der Waals surface area contributed by atoms with E-state index < -0.39 is 0 Å². The van der Waals surface area contributed by atoms with Crippen LogP contribution in [0.2, 0.25) is 0 Å². The van der Waals surface area contributed by atoms with Crippen LogP contribution >= 0.6 is 15.9 Å². The van der Waals surface area contributed by atoms with E-state index in [9.17, 15) is 4.79 Å². The van der Waals surface area contributed by atoms with Gasteiger partial charge in [0.25, 0.3) is 0 Å². The summed E-state index contributed by atoms with van der Waals surface area (Å²) in [4.78, 5) is 12.4. The SMILES string of the molecule is C[C@@]12CC[C@H](/C(=N\N=C(N)N)C1=O)[C@@]2(C)CBr.